The van der Waals surface area contributed by atoms with Gasteiger partial charge in [-0.15, -0.1) is 11.3 Å². The van der Waals surface area contributed by atoms with Gasteiger partial charge in [-0.05, 0) is 43.2 Å². The first-order valence-electron chi connectivity index (χ1n) is 5.79. The minimum Gasteiger partial charge on any atom is -0.483 e. The van der Waals surface area contributed by atoms with Gasteiger partial charge in [-0.25, -0.2) is 0 Å². The van der Waals surface area contributed by atoms with E-state index in [0.29, 0.717) is 6.54 Å². The molecule has 0 bridgehead atoms. The average molecular weight is 282 g/mol. The van der Waals surface area contributed by atoms with Gasteiger partial charge in [0.1, 0.15) is 11.9 Å². The molecule has 0 aliphatic carbocycles. The van der Waals surface area contributed by atoms with Crippen LogP contribution in [0.4, 0.5) is 0 Å². The van der Waals surface area contributed by atoms with Crippen LogP contribution in [0, 0.1) is 13.8 Å². The zero-order valence-corrected chi connectivity index (χ0v) is 12.0. The van der Waals surface area contributed by atoms with E-state index in [4.69, 9.17) is 22.1 Å². The minimum atomic E-state index is -0.136. The van der Waals surface area contributed by atoms with E-state index in [-0.39, 0.29) is 6.10 Å². The number of hydrogen-bond acceptors (Lipinski definition) is 3. The second kappa shape index (κ2) is 5.74. The Labute approximate surface area is 116 Å². The number of nitrogens with two attached hydrogens (primary N) is 1. The first-order chi connectivity index (χ1) is 8.60. The summed E-state index contributed by atoms with van der Waals surface area (Å²) in [6.07, 6.45) is -0.136. The lowest BCUT2D eigenvalue weighted by Crippen LogP contribution is -2.17. The fraction of sp³-hybridized carbons (Fsp3) is 0.286. The van der Waals surface area contributed by atoms with Crippen molar-refractivity contribution < 1.29 is 4.74 Å². The molecule has 0 aliphatic rings. The van der Waals surface area contributed by atoms with Crippen LogP contribution in [0.2, 0.25) is 4.34 Å². The van der Waals surface area contributed by atoms with E-state index >= 15 is 0 Å². The van der Waals surface area contributed by atoms with Gasteiger partial charge in [-0.3, -0.25) is 0 Å². The number of benzene rings is 1. The zero-order valence-electron chi connectivity index (χ0n) is 10.4. The van der Waals surface area contributed by atoms with Gasteiger partial charge in [0.05, 0.1) is 4.34 Å². The SMILES string of the molecule is Cc1ccc(C)c(OC(CN)c2ccc(Cl)s2)c1. The van der Waals surface area contributed by atoms with Crippen LogP contribution in [-0.4, -0.2) is 6.54 Å². The fourth-order valence-electron chi connectivity index (χ4n) is 1.71. The standard InChI is InChI=1S/C14H16ClNOS/c1-9-3-4-10(2)11(7-9)17-12(8-16)13-5-6-14(15)18-13/h3-7,12H,8,16H2,1-2H3. The number of aryl methyl sites for hydroxylation is 2. The van der Waals surface area contributed by atoms with Gasteiger partial charge in [-0.2, -0.15) is 0 Å². The Morgan fingerprint density at radius 2 is 2.06 bits per heavy atom. The van der Waals surface area contributed by atoms with Crippen molar-refractivity contribution in [1.29, 1.82) is 0 Å². The van der Waals surface area contributed by atoms with Crippen LogP contribution in [0.5, 0.6) is 5.75 Å². The van der Waals surface area contributed by atoms with Gasteiger partial charge >= 0.3 is 0 Å². The predicted octanol–water partition coefficient (Wildman–Crippen LogP) is 4.10. The lowest BCUT2D eigenvalue weighted by molar-refractivity contribution is 0.216. The monoisotopic (exact) mass is 281 g/mol. The van der Waals surface area contributed by atoms with E-state index in [1.54, 1.807) is 0 Å². The van der Waals surface area contributed by atoms with E-state index in [1.807, 2.05) is 32.0 Å². The molecule has 18 heavy (non-hydrogen) atoms. The molecule has 2 nitrogen and oxygen atoms in total. The van der Waals surface area contributed by atoms with Gasteiger partial charge in [0.25, 0.3) is 0 Å². The fourth-order valence-corrected chi connectivity index (χ4v) is 2.81. The summed E-state index contributed by atoms with van der Waals surface area (Å²) in [7, 11) is 0. The third-order valence-corrected chi connectivity index (χ3v) is 4.06. The van der Waals surface area contributed by atoms with Crippen LogP contribution in [0.1, 0.15) is 22.1 Å². The number of halogens is 1. The van der Waals surface area contributed by atoms with E-state index in [1.165, 1.54) is 16.9 Å². The van der Waals surface area contributed by atoms with Crippen LogP contribution in [0.25, 0.3) is 0 Å². The Kier molecular flexibility index (Phi) is 4.27. The molecule has 1 atom stereocenters. The summed E-state index contributed by atoms with van der Waals surface area (Å²) in [5.74, 6) is 0.884. The highest BCUT2D eigenvalue weighted by atomic mass is 35.5. The number of hydrogen-bond donors (Lipinski definition) is 1. The summed E-state index contributed by atoms with van der Waals surface area (Å²) in [6, 6.07) is 10.0. The molecule has 4 heteroatoms. The van der Waals surface area contributed by atoms with Crippen LogP contribution in [0.3, 0.4) is 0 Å². The molecule has 0 fully saturated rings. The van der Waals surface area contributed by atoms with Gasteiger partial charge in [0.15, 0.2) is 0 Å². The molecule has 0 amide bonds. The first-order valence-corrected chi connectivity index (χ1v) is 6.99. The smallest absolute Gasteiger partial charge is 0.145 e. The lowest BCUT2D eigenvalue weighted by Gasteiger charge is -2.18. The van der Waals surface area contributed by atoms with E-state index < -0.39 is 0 Å². The van der Waals surface area contributed by atoms with Crippen molar-refractivity contribution in [2.45, 2.75) is 20.0 Å². The summed E-state index contributed by atoms with van der Waals surface area (Å²) < 4.78 is 6.76. The van der Waals surface area contributed by atoms with Crippen molar-refractivity contribution in [2.24, 2.45) is 5.73 Å². The largest absolute Gasteiger partial charge is 0.483 e. The topological polar surface area (TPSA) is 35.2 Å². The molecule has 1 aromatic carbocycles. The first kappa shape index (κ1) is 13.4. The molecular formula is C14H16ClNOS. The highest BCUT2D eigenvalue weighted by Crippen LogP contribution is 2.31. The summed E-state index contributed by atoms with van der Waals surface area (Å²) in [5, 5.41) is 0. The highest BCUT2D eigenvalue weighted by Gasteiger charge is 2.15. The molecule has 0 saturated carbocycles. The normalized spacial score (nSPS) is 12.4. The maximum Gasteiger partial charge on any atom is 0.145 e. The van der Waals surface area contributed by atoms with Crippen LogP contribution in [-0.2, 0) is 0 Å². The molecule has 0 aliphatic heterocycles. The second-order valence-electron chi connectivity index (χ2n) is 4.25. The molecular weight excluding hydrogens is 266 g/mol. The summed E-state index contributed by atoms with van der Waals surface area (Å²) in [4.78, 5) is 1.06. The molecule has 0 saturated heterocycles. The average Bonchev–Trinajstić information content (AvgIpc) is 2.77. The Morgan fingerprint density at radius 1 is 1.28 bits per heavy atom. The second-order valence-corrected chi connectivity index (χ2v) is 6.00. The molecule has 2 aromatic rings. The van der Waals surface area contributed by atoms with E-state index in [9.17, 15) is 0 Å². The van der Waals surface area contributed by atoms with Crippen molar-refractivity contribution in [3.63, 3.8) is 0 Å². The Morgan fingerprint density at radius 3 is 2.67 bits per heavy atom. The number of thiophene rings is 1. The van der Waals surface area contributed by atoms with Crippen LogP contribution in [0.15, 0.2) is 30.3 Å². The molecule has 0 spiro atoms. The molecule has 96 valence electrons. The van der Waals surface area contributed by atoms with Crippen molar-refractivity contribution in [3.8, 4) is 5.75 Å². The quantitative estimate of drug-likeness (QED) is 0.916. The van der Waals surface area contributed by atoms with Gasteiger partial charge in [-0.1, -0.05) is 23.7 Å². The third kappa shape index (κ3) is 3.05. The molecule has 0 radical (unpaired) electrons. The molecule has 2 N–H and O–H groups in total. The van der Waals surface area contributed by atoms with E-state index in [0.717, 1.165) is 20.5 Å². The summed E-state index contributed by atoms with van der Waals surface area (Å²) in [5.41, 5.74) is 8.08. The van der Waals surface area contributed by atoms with Crippen molar-refractivity contribution in [2.75, 3.05) is 6.54 Å². The summed E-state index contributed by atoms with van der Waals surface area (Å²) >= 11 is 7.45. The lowest BCUT2D eigenvalue weighted by atomic mass is 10.1. The maximum atomic E-state index is 6.00. The minimum absolute atomic E-state index is 0.136. The van der Waals surface area contributed by atoms with Gasteiger partial charge in [0, 0.05) is 11.4 Å². The number of rotatable bonds is 4. The highest BCUT2D eigenvalue weighted by molar-refractivity contribution is 7.16. The molecule has 2 rings (SSSR count). The van der Waals surface area contributed by atoms with Gasteiger partial charge in [0.2, 0.25) is 0 Å². The Bertz CT molecular complexity index is 538. The summed E-state index contributed by atoms with van der Waals surface area (Å²) in [6.45, 7) is 4.51. The van der Waals surface area contributed by atoms with Gasteiger partial charge < -0.3 is 10.5 Å². The molecule has 1 unspecified atom stereocenters. The Balaban J connectivity index is 2.22. The van der Waals surface area contributed by atoms with Crippen molar-refractivity contribution >= 4 is 22.9 Å². The Hall–Kier alpha value is -1.03. The third-order valence-electron chi connectivity index (χ3n) is 2.74. The van der Waals surface area contributed by atoms with Crippen LogP contribution >= 0.6 is 22.9 Å². The predicted molar refractivity (Wildman–Crippen MR) is 77.7 cm³/mol. The zero-order chi connectivity index (χ0) is 13.1. The van der Waals surface area contributed by atoms with E-state index in [2.05, 4.69) is 12.1 Å². The maximum absolute atomic E-state index is 6.00. The van der Waals surface area contributed by atoms with Crippen LogP contribution < -0.4 is 10.5 Å². The molecule has 1 heterocycles. The van der Waals surface area contributed by atoms with Crippen molar-refractivity contribution in [1.82, 2.24) is 0 Å². The molecule has 1 aromatic heterocycles. The van der Waals surface area contributed by atoms with Crippen molar-refractivity contribution in [3.05, 3.63) is 50.7 Å². The number of ether oxygens (including phenoxy) is 1.